The summed E-state index contributed by atoms with van der Waals surface area (Å²) >= 11 is 0. The summed E-state index contributed by atoms with van der Waals surface area (Å²) in [5.74, 6) is 0. The Morgan fingerprint density at radius 3 is 2.25 bits per heavy atom. The van der Waals surface area contributed by atoms with Crippen molar-refractivity contribution in [2.24, 2.45) is 0 Å². The largest absolute Gasteiger partial charge is 0.225 e. The second-order valence-electron chi connectivity index (χ2n) is 1.49. The van der Waals surface area contributed by atoms with Crippen LogP contribution in [-0.2, 0) is 9.84 Å². The molecule has 1 radical (unpaired) electrons. The van der Waals surface area contributed by atoms with E-state index in [1.807, 2.05) is 0 Å². The normalized spacial score (nSPS) is 12.8. The molecule has 0 saturated carbocycles. The molecule has 2 nitrogen and oxygen atoms in total. The van der Waals surface area contributed by atoms with Crippen molar-refractivity contribution in [1.82, 2.24) is 0 Å². The standard InChI is InChI=1S/C5H9O2S/c1-3-4-5-8(2,6)7/h4-5H,1,3H2,2H3/b5-4+. The molecular formula is C5H9O2S. The first-order valence-electron chi connectivity index (χ1n) is 2.22. The second kappa shape index (κ2) is 2.87. The van der Waals surface area contributed by atoms with Crippen molar-refractivity contribution in [3.8, 4) is 0 Å². The maximum Gasteiger partial charge on any atom is 0.168 e. The number of hydrogen-bond acceptors (Lipinski definition) is 2. The van der Waals surface area contributed by atoms with Gasteiger partial charge in [-0.05, 0) is 13.3 Å². The van der Waals surface area contributed by atoms with Crippen LogP contribution in [0.25, 0.3) is 0 Å². The van der Waals surface area contributed by atoms with Gasteiger partial charge < -0.3 is 0 Å². The van der Waals surface area contributed by atoms with Crippen LogP contribution in [0.4, 0.5) is 0 Å². The summed E-state index contributed by atoms with van der Waals surface area (Å²) in [7, 11) is -2.91. The highest BCUT2D eigenvalue weighted by molar-refractivity contribution is 7.93. The van der Waals surface area contributed by atoms with E-state index in [4.69, 9.17) is 0 Å². The number of allylic oxidation sites excluding steroid dienone is 1. The van der Waals surface area contributed by atoms with E-state index in [9.17, 15) is 8.42 Å². The Hall–Kier alpha value is -0.310. The lowest BCUT2D eigenvalue weighted by molar-refractivity contribution is 0.610. The first-order valence-corrected chi connectivity index (χ1v) is 4.17. The summed E-state index contributed by atoms with van der Waals surface area (Å²) in [4.78, 5) is 0. The lowest BCUT2D eigenvalue weighted by atomic mass is 10.5. The molecule has 0 fully saturated rings. The Kier molecular flexibility index (Phi) is 2.76. The topological polar surface area (TPSA) is 34.1 Å². The van der Waals surface area contributed by atoms with Crippen molar-refractivity contribution in [3.63, 3.8) is 0 Å². The van der Waals surface area contributed by atoms with E-state index >= 15 is 0 Å². The lowest BCUT2D eigenvalue weighted by Gasteiger charge is -1.80. The lowest BCUT2D eigenvalue weighted by Crippen LogP contribution is -1.86. The number of hydrogen-bond donors (Lipinski definition) is 0. The predicted molar refractivity (Wildman–Crippen MR) is 34.0 cm³/mol. The molecule has 0 aromatic heterocycles. The molecule has 0 aromatic rings. The number of sulfone groups is 1. The zero-order valence-corrected chi connectivity index (χ0v) is 5.61. The summed E-state index contributed by atoms with van der Waals surface area (Å²) in [6.45, 7) is 3.44. The second-order valence-corrected chi connectivity index (χ2v) is 3.42. The van der Waals surface area contributed by atoms with Crippen LogP contribution in [-0.4, -0.2) is 14.7 Å². The highest BCUT2D eigenvalue weighted by Gasteiger charge is 1.88. The Morgan fingerprint density at radius 1 is 1.62 bits per heavy atom. The molecule has 0 amide bonds. The fourth-order valence-electron chi connectivity index (χ4n) is 0.243. The summed E-state index contributed by atoms with van der Waals surface area (Å²) < 4.78 is 20.6. The van der Waals surface area contributed by atoms with Gasteiger partial charge in [0.25, 0.3) is 0 Å². The molecule has 0 saturated heterocycles. The van der Waals surface area contributed by atoms with E-state index in [-0.39, 0.29) is 0 Å². The minimum atomic E-state index is -2.91. The molecule has 0 heterocycles. The van der Waals surface area contributed by atoms with Crippen LogP contribution in [0.5, 0.6) is 0 Å². The highest BCUT2D eigenvalue weighted by atomic mass is 32.2. The van der Waals surface area contributed by atoms with Crippen LogP contribution in [0.1, 0.15) is 6.42 Å². The zero-order valence-electron chi connectivity index (χ0n) is 4.79. The molecule has 0 atom stereocenters. The molecule has 0 aromatic carbocycles. The van der Waals surface area contributed by atoms with Gasteiger partial charge in [-0.3, -0.25) is 0 Å². The SMILES string of the molecule is [CH2]C/C=C/S(C)(=O)=O. The fourth-order valence-corrected chi connectivity index (χ4v) is 0.729. The van der Waals surface area contributed by atoms with Crippen molar-refractivity contribution in [1.29, 1.82) is 0 Å². The number of rotatable bonds is 2. The molecule has 0 aliphatic carbocycles. The van der Waals surface area contributed by atoms with Gasteiger partial charge in [-0.15, -0.1) is 0 Å². The van der Waals surface area contributed by atoms with Crippen molar-refractivity contribution in [3.05, 3.63) is 18.4 Å². The third kappa shape index (κ3) is 5.69. The Balaban J connectivity index is 3.92. The van der Waals surface area contributed by atoms with Gasteiger partial charge in [0.1, 0.15) is 0 Å². The smallest absolute Gasteiger partial charge is 0.168 e. The molecule has 47 valence electrons. The Morgan fingerprint density at radius 2 is 2.12 bits per heavy atom. The maximum absolute atomic E-state index is 10.3. The fraction of sp³-hybridized carbons (Fsp3) is 0.400. The average molecular weight is 133 g/mol. The van der Waals surface area contributed by atoms with E-state index in [2.05, 4.69) is 6.92 Å². The monoisotopic (exact) mass is 133 g/mol. The summed E-state index contributed by atoms with van der Waals surface area (Å²) in [5, 5.41) is 1.15. The average Bonchev–Trinajstić information content (AvgIpc) is 1.59. The third-order valence-electron chi connectivity index (χ3n) is 0.510. The van der Waals surface area contributed by atoms with Crippen LogP contribution < -0.4 is 0 Å². The van der Waals surface area contributed by atoms with Crippen molar-refractivity contribution in [2.45, 2.75) is 6.42 Å². The zero-order chi connectivity index (χ0) is 6.62. The van der Waals surface area contributed by atoms with Gasteiger partial charge in [0.2, 0.25) is 0 Å². The molecule has 0 bridgehead atoms. The molecule has 8 heavy (non-hydrogen) atoms. The van der Waals surface area contributed by atoms with E-state index in [1.165, 1.54) is 6.08 Å². The van der Waals surface area contributed by atoms with Crippen molar-refractivity contribution < 1.29 is 8.42 Å². The minimum Gasteiger partial charge on any atom is -0.225 e. The molecule has 0 aliphatic rings. The predicted octanol–water partition coefficient (Wildman–Crippen LogP) is 0.769. The van der Waals surface area contributed by atoms with Gasteiger partial charge in [0.15, 0.2) is 9.84 Å². The van der Waals surface area contributed by atoms with E-state index in [0.717, 1.165) is 11.7 Å². The molecule has 0 N–H and O–H groups in total. The van der Waals surface area contributed by atoms with Crippen molar-refractivity contribution >= 4 is 9.84 Å². The van der Waals surface area contributed by atoms with Crippen molar-refractivity contribution in [2.75, 3.05) is 6.26 Å². The molecule has 0 rings (SSSR count). The van der Waals surface area contributed by atoms with Gasteiger partial charge in [-0.25, -0.2) is 8.42 Å². The van der Waals surface area contributed by atoms with E-state index in [1.54, 1.807) is 0 Å². The molecule has 0 unspecified atom stereocenters. The highest BCUT2D eigenvalue weighted by Crippen LogP contribution is 1.86. The Bertz CT molecular complexity index is 165. The van der Waals surface area contributed by atoms with Gasteiger partial charge in [-0.1, -0.05) is 6.08 Å². The summed E-state index contributed by atoms with van der Waals surface area (Å²) in [5.41, 5.74) is 0. The quantitative estimate of drug-likeness (QED) is 0.557. The van der Waals surface area contributed by atoms with Gasteiger partial charge in [-0.2, -0.15) is 0 Å². The van der Waals surface area contributed by atoms with Crippen LogP contribution >= 0.6 is 0 Å². The third-order valence-corrected chi connectivity index (χ3v) is 1.20. The Labute approximate surface area is 50.1 Å². The molecule has 3 heteroatoms. The summed E-state index contributed by atoms with van der Waals surface area (Å²) in [6, 6.07) is 0. The van der Waals surface area contributed by atoms with Gasteiger partial charge >= 0.3 is 0 Å². The molecule has 0 spiro atoms. The maximum atomic E-state index is 10.3. The van der Waals surface area contributed by atoms with Gasteiger partial charge in [0.05, 0.1) is 0 Å². The van der Waals surface area contributed by atoms with Crippen LogP contribution in [0.2, 0.25) is 0 Å². The first-order chi connectivity index (χ1) is 3.56. The van der Waals surface area contributed by atoms with E-state index in [0.29, 0.717) is 6.42 Å². The minimum absolute atomic E-state index is 0.521. The summed E-state index contributed by atoms with van der Waals surface area (Å²) in [6.07, 6.45) is 3.18. The first kappa shape index (κ1) is 7.69. The van der Waals surface area contributed by atoms with Crippen LogP contribution in [0, 0.1) is 6.92 Å². The van der Waals surface area contributed by atoms with Crippen LogP contribution in [0.15, 0.2) is 11.5 Å². The van der Waals surface area contributed by atoms with Crippen LogP contribution in [0.3, 0.4) is 0 Å². The molecule has 0 aliphatic heterocycles. The van der Waals surface area contributed by atoms with E-state index < -0.39 is 9.84 Å². The van der Waals surface area contributed by atoms with Gasteiger partial charge in [0, 0.05) is 11.7 Å². The molecular weight excluding hydrogens is 124 g/mol.